The van der Waals surface area contributed by atoms with Crippen LogP contribution in [0.3, 0.4) is 0 Å². The zero-order chi connectivity index (χ0) is 15.4. The van der Waals surface area contributed by atoms with Crippen LogP contribution < -0.4 is 10.6 Å². The number of benzene rings is 1. The molecule has 1 aromatic carbocycles. The molecule has 2 rings (SSSR count). The van der Waals surface area contributed by atoms with Gasteiger partial charge in [-0.25, -0.2) is 9.59 Å². The molecule has 3 N–H and O–H groups in total. The van der Waals surface area contributed by atoms with E-state index >= 15 is 0 Å². The second-order valence-corrected chi connectivity index (χ2v) is 4.57. The lowest BCUT2D eigenvalue weighted by Gasteiger charge is -2.08. The van der Waals surface area contributed by atoms with Crippen LogP contribution in [0.5, 0.6) is 0 Å². The summed E-state index contributed by atoms with van der Waals surface area (Å²) in [6, 6.07) is 5.91. The van der Waals surface area contributed by atoms with Crippen molar-refractivity contribution in [2.75, 3.05) is 5.32 Å². The van der Waals surface area contributed by atoms with Crippen molar-refractivity contribution in [2.24, 2.45) is 0 Å². The Morgan fingerprint density at radius 2 is 2.05 bits per heavy atom. The lowest BCUT2D eigenvalue weighted by molar-refractivity contribution is 0.0696. The summed E-state index contributed by atoms with van der Waals surface area (Å²) in [5.74, 6) is -0.322. The lowest BCUT2D eigenvalue weighted by atomic mass is 10.1. The van der Waals surface area contributed by atoms with E-state index in [-0.39, 0.29) is 12.1 Å². The number of anilines is 1. The predicted octanol–water partition coefficient (Wildman–Crippen LogP) is 2.31. The van der Waals surface area contributed by atoms with Gasteiger partial charge in [0.25, 0.3) is 0 Å². The first-order valence-corrected chi connectivity index (χ1v) is 6.26. The summed E-state index contributed by atoms with van der Waals surface area (Å²) in [4.78, 5) is 22.6. The molecule has 0 aliphatic rings. The van der Waals surface area contributed by atoms with Crippen LogP contribution in [0.1, 0.15) is 27.4 Å². The summed E-state index contributed by atoms with van der Waals surface area (Å²) in [5.41, 5.74) is 1.93. The highest BCUT2D eigenvalue weighted by atomic mass is 16.5. The van der Waals surface area contributed by atoms with Crippen LogP contribution in [0.15, 0.2) is 28.8 Å². The fraction of sp³-hybridized carbons (Fsp3) is 0.214. The second-order valence-electron chi connectivity index (χ2n) is 4.57. The van der Waals surface area contributed by atoms with E-state index in [4.69, 9.17) is 9.63 Å². The summed E-state index contributed by atoms with van der Waals surface area (Å²) in [7, 11) is 0. The number of hydrogen-bond acceptors (Lipinski definition) is 4. The van der Waals surface area contributed by atoms with Crippen LogP contribution in [-0.4, -0.2) is 22.3 Å². The maximum absolute atomic E-state index is 11.7. The van der Waals surface area contributed by atoms with Gasteiger partial charge in [-0.15, -0.1) is 0 Å². The molecule has 1 aromatic heterocycles. The van der Waals surface area contributed by atoms with Gasteiger partial charge in [0.15, 0.2) is 0 Å². The molecule has 2 aromatic rings. The zero-order valence-electron chi connectivity index (χ0n) is 11.6. The van der Waals surface area contributed by atoms with Crippen molar-refractivity contribution in [3.05, 3.63) is 46.8 Å². The molecule has 1 heterocycles. The molecule has 110 valence electrons. The van der Waals surface area contributed by atoms with Crippen molar-refractivity contribution in [1.29, 1.82) is 0 Å². The molecule has 0 spiro atoms. The van der Waals surface area contributed by atoms with E-state index in [1.54, 1.807) is 26.0 Å². The Balaban J connectivity index is 1.93. The monoisotopic (exact) mass is 289 g/mol. The molecular weight excluding hydrogens is 274 g/mol. The van der Waals surface area contributed by atoms with Crippen LogP contribution in [0.4, 0.5) is 10.5 Å². The fourth-order valence-electron chi connectivity index (χ4n) is 1.83. The molecule has 7 heteroatoms. The van der Waals surface area contributed by atoms with Crippen molar-refractivity contribution >= 4 is 17.7 Å². The maximum atomic E-state index is 11.7. The summed E-state index contributed by atoms with van der Waals surface area (Å²) in [6.45, 7) is 3.68. The zero-order valence-corrected chi connectivity index (χ0v) is 11.6. The van der Waals surface area contributed by atoms with E-state index in [9.17, 15) is 9.59 Å². The minimum Gasteiger partial charge on any atom is -0.478 e. The van der Waals surface area contributed by atoms with Crippen LogP contribution in [0.25, 0.3) is 0 Å². The standard InChI is InChI=1S/C14H15N3O4/c1-8-5-10(3-4-12(8)13(18)19)16-14(20)15-7-11-6-9(2)21-17-11/h3-6H,7H2,1-2H3,(H,18,19)(H2,15,16,20). The molecule has 7 nitrogen and oxygen atoms in total. The van der Waals surface area contributed by atoms with Crippen LogP contribution >= 0.6 is 0 Å². The van der Waals surface area contributed by atoms with Crippen LogP contribution in [0, 0.1) is 13.8 Å². The topological polar surface area (TPSA) is 104 Å². The van der Waals surface area contributed by atoms with Gasteiger partial charge in [0.1, 0.15) is 11.5 Å². The predicted molar refractivity (Wildman–Crippen MR) is 75.2 cm³/mol. The van der Waals surface area contributed by atoms with Gasteiger partial charge in [-0.2, -0.15) is 0 Å². The summed E-state index contributed by atoms with van der Waals surface area (Å²) >= 11 is 0. The molecule has 0 saturated heterocycles. The molecule has 0 saturated carbocycles. The smallest absolute Gasteiger partial charge is 0.335 e. The minimum absolute atomic E-state index is 0.207. The number of aryl methyl sites for hydroxylation is 2. The van der Waals surface area contributed by atoms with Gasteiger partial charge in [-0.1, -0.05) is 5.16 Å². The molecule has 0 radical (unpaired) electrons. The van der Waals surface area contributed by atoms with Gasteiger partial charge in [0.05, 0.1) is 12.1 Å². The van der Waals surface area contributed by atoms with Crippen molar-refractivity contribution < 1.29 is 19.2 Å². The number of amides is 2. The third-order valence-corrected chi connectivity index (χ3v) is 2.82. The van der Waals surface area contributed by atoms with Gasteiger partial charge in [-0.3, -0.25) is 0 Å². The highest BCUT2D eigenvalue weighted by molar-refractivity contribution is 5.92. The van der Waals surface area contributed by atoms with Crippen molar-refractivity contribution in [2.45, 2.75) is 20.4 Å². The number of nitrogens with zero attached hydrogens (tertiary/aromatic N) is 1. The van der Waals surface area contributed by atoms with Crippen molar-refractivity contribution in [3.63, 3.8) is 0 Å². The largest absolute Gasteiger partial charge is 0.478 e. The Kier molecular flexibility index (Phi) is 4.22. The van der Waals surface area contributed by atoms with E-state index in [0.717, 1.165) is 0 Å². The summed E-state index contributed by atoms with van der Waals surface area (Å²) in [5, 5.41) is 17.9. The third kappa shape index (κ3) is 3.82. The quantitative estimate of drug-likeness (QED) is 0.801. The van der Waals surface area contributed by atoms with Crippen molar-refractivity contribution in [1.82, 2.24) is 10.5 Å². The van der Waals surface area contributed by atoms with Gasteiger partial charge < -0.3 is 20.3 Å². The van der Waals surface area contributed by atoms with E-state index in [1.807, 2.05) is 0 Å². The highest BCUT2D eigenvalue weighted by Crippen LogP contribution is 2.15. The lowest BCUT2D eigenvalue weighted by Crippen LogP contribution is -2.28. The van der Waals surface area contributed by atoms with E-state index in [2.05, 4.69) is 15.8 Å². The Morgan fingerprint density at radius 3 is 2.62 bits per heavy atom. The van der Waals surface area contributed by atoms with Gasteiger partial charge in [0, 0.05) is 11.8 Å². The number of nitrogens with one attached hydrogen (secondary N) is 2. The Hall–Kier alpha value is -2.83. The Morgan fingerprint density at radius 1 is 1.29 bits per heavy atom. The average Bonchev–Trinajstić information content (AvgIpc) is 2.82. The van der Waals surface area contributed by atoms with E-state index in [0.29, 0.717) is 22.7 Å². The molecule has 0 bridgehead atoms. The first-order valence-electron chi connectivity index (χ1n) is 6.26. The number of hydrogen-bond donors (Lipinski definition) is 3. The number of rotatable bonds is 4. The summed E-state index contributed by atoms with van der Waals surface area (Å²) < 4.78 is 4.89. The molecule has 0 atom stereocenters. The Labute approximate surface area is 120 Å². The number of carbonyl (C=O) groups is 2. The fourth-order valence-corrected chi connectivity index (χ4v) is 1.83. The first-order chi connectivity index (χ1) is 9.95. The number of aromatic nitrogens is 1. The van der Waals surface area contributed by atoms with Crippen molar-refractivity contribution in [3.8, 4) is 0 Å². The summed E-state index contributed by atoms with van der Waals surface area (Å²) in [6.07, 6.45) is 0. The molecule has 0 unspecified atom stereocenters. The van der Waals surface area contributed by atoms with Gasteiger partial charge in [-0.05, 0) is 37.6 Å². The highest BCUT2D eigenvalue weighted by Gasteiger charge is 2.09. The Bertz CT molecular complexity index is 679. The SMILES string of the molecule is Cc1cc(CNC(=O)Nc2ccc(C(=O)O)c(C)c2)no1. The minimum atomic E-state index is -0.995. The molecule has 21 heavy (non-hydrogen) atoms. The maximum Gasteiger partial charge on any atom is 0.335 e. The van der Waals surface area contributed by atoms with Crippen LogP contribution in [-0.2, 0) is 6.54 Å². The molecule has 2 amide bonds. The van der Waals surface area contributed by atoms with Gasteiger partial charge >= 0.3 is 12.0 Å². The van der Waals surface area contributed by atoms with E-state index in [1.165, 1.54) is 12.1 Å². The number of urea groups is 1. The number of carboxylic acid groups (broad SMARTS) is 1. The average molecular weight is 289 g/mol. The normalized spacial score (nSPS) is 10.2. The van der Waals surface area contributed by atoms with E-state index < -0.39 is 12.0 Å². The number of carboxylic acids is 1. The first kappa shape index (κ1) is 14.6. The van der Waals surface area contributed by atoms with Crippen LogP contribution in [0.2, 0.25) is 0 Å². The number of aromatic carboxylic acids is 1. The molecule has 0 aliphatic carbocycles. The van der Waals surface area contributed by atoms with Gasteiger partial charge in [0.2, 0.25) is 0 Å². The third-order valence-electron chi connectivity index (χ3n) is 2.82. The molecular formula is C14H15N3O4. The molecule has 0 fully saturated rings. The second kappa shape index (κ2) is 6.08. The number of carbonyl (C=O) groups excluding carboxylic acids is 1. The molecule has 0 aliphatic heterocycles.